The summed E-state index contributed by atoms with van der Waals surface area (Å²) in [6.45, 7) is 2.51. The Labute approximate surface area is 106 Å². The van der Waals surface area contributed by atoms with E-state index in [2.05, 4.69) is 11.9 Å². The normalized spacial score (nSPS) is 10.0. The van der Waals surface area contributed by atoms with Crippen molar-refractivity contribution in [1.82, 2.24) is 4.98 Å². The van der Waals surface area contributed by atoms with Crippen molar-refractivity contribution >= 4 is 17.8 Å². The zero-order chi connectivity index (χ0) is 12.5. The van der Waals surface area contributed by atoms with Gasteiger partial charge >= 0.3 is 6.16 Å². The second-order valence-corrected chi connectivity index (χ2v) is 4.01. The molecule has 0 spiro atoms. The molecule has 1 heterocycles. The molecule has 0 aliphatic rings. The fraction of sp³-hybridized carbons (Fsp3) is 0.500. The Balaban J connectivity index is 2.18. The molecule has 1 rings (SSSR count). The summed E-state index contributed by atoms with van der Waals surface area (Å²) in [7, 11) is 0. The minimum absolute atomic E-state index is 0.188. The first-order valence-corrected chi connectivity index (χ1v) is 6.06. The minimum atomic E-state index is -0.726. The van der Waals surface area contributed by atoms with Crippen LogP contribution >= 0.6 is 11.6 Å². The SMILES string of the molecule is CCCCCCOC(=O)Oc1ccc(Cl)cn1. The lowest BCUT2D eigenvalue weighted by molar-refractivity contribution is 0.0958. The first-order valence-electron chi connectivity index (χ1n) is 5.68. The van der Waals surface area contributed by atoms with Gasteiger partial charge in [-0.3, -0.25) is 0 Å². The van der Waals surface area contributed by atoms with Crippen LogP contribution in [0, 0.1) is 0 Å². The summed E-state index contributed by atoms with van der Waals surface area (Å²) >= 11 is 5.65. The van der Waals surface area contributed by atoms with Crippen molar-refractivity contribution in [3.05, 3.63) is 23.4 Å². The van der Waals surface area contributed by atoms with Crippen molar-refractivity contribution in [3.8, 4) is 5.88 Å². The number of nitrogens with zero attached hydrogens (tertiary/aromatic N) is 1. The van der Waals surface area contributed by atoms with E-state index in [-0.39, 0.29) is 5.88 Å². The lowest BCUT2D eigenvalue weighted by atomic mass is 10.2. The number of aromatic nitrogens is 1. The van der Waals surface area contributed by atoms with Crippen molar-refractivity contribution in [3.63, 3.8) is 0 Å². The summed E-state index contributed by atoms with van der Waals surface area (Å²) in [5.74, 6) is 0.188. The van der Waals surface area contributed by atoms with Gasteiger partial charge in [-0.15, -0.1) is 0 Å². The molecule has 0 saturated carbocycles. The highest BCUT2D eigenvalue weighted by molar-refractivity contribution is 6.30. The Morgan fingerprint density at radius 1 is 1.35 bits per heavy atom. The quantitative estimate of drug-likeness (QED) is 0.574. The highest BCUT2D eigenvalue weighted by Gasteiger charge is 2.06. The van der Waals surface area contributed by atoms with Crippen LogP contribution in [0.15, 0.2) is 18.3 Å². The molecule has 0 amide bonds. The minimum Gasteiger partial charge on any atom is -0.434 e. The maximum Gasteiger partial charge on any atom is 0.515 e. The van der Waals surface area contributed by atoms with Gasteiger partial charge < -0.3 is 9.47 Å². The topological polar surface area (TPSA) is 48.4 Å². The first kappa shape index (κ1) is 13.8. The number of hydrogen-bond donors (Lipinski definition) is 0. The average Bonchev–Trinajstić information content (AvgIpc) is 2.32. The van der Waals surface area contributed by atoms with Crippen molar-refractivity contribution < 1.29 is 14.3 Å². The van der Waals surface area contributed by atoms with E-state index >= 15 is 0 Å². The summed E-state index contributed by atoms with van der Waals surface area (Å²) in [6.07, 6.45) is 4.90. The predicted octanol–water partition coefficient (Wildman–Crippen LogP) is 3.83. The van der Waals surface area contributed by atoms with Gasteiger partial charge in [0, 0.05) is 12.3 Å². The third kappa shape index (κ3) is 6.12. The fourth-order valence-corrected chi connectivity index (χ4v) is 1.33. The first-order chi connectivity index (χ1) is 8.22. The van der Waals surface area contributed by atoms with Gasteiger partial charge in [0.05, 0.1) is 11.6 Å². The van der Waals surface area contributed by atoms with E-state index < -0.39 is 6.16 Å². The lowest BCUT2D eigenvalue weighted by Crippen LogP contribution is -2.12. The number of halogens is 1. The smallest absolute Gasteiger partial charge is 0.434 e. The van der Waals surface area contributed by atoms with E-state index in [1.807, 2.05) is 0 Å². The van der Waals surface area contributed by atoms with E-state index in [4.69, 9.17) is 21.1 Å². The Hall–Kier alpha value is -1.29. The number of unbranched alkanes of at least 4 members (excludes halogenated alkanes) is 3. The number of ether oxygens (including phenoxy) is 2. The number of pyridine rings is 1. The van der Waals surface area contributed by atoms with Gasteiger partial charge in [0.15, 0.2) is 0 Å². The number of hydrogen-bond acceptors (Lipinski definition) is 4. The van der Waals surface area contributed by atoms with Crippen molar-refractivity contribution in [2.75, 3.05) is 6.61 Å². The van der Waals surface area contributed by atoms with E-state index in [0.717, 1.165) is 25.7 Å². The van der Waals surface area contributed by atoms with E-state index in [0.29, 0.717) is 11.6 Å². The molecular weight excluding hydrogens is 242 g/mol. The molecule has 0 bridgehead atoms. The molecule has 1 aromatic rings. The maximum atomic E-state index is 11.2. The Kier molecular flexibility index (Phi) is 6.40. The van der Waals surface area contributed by atoms with Crippen molar-refractivity contribution in [1.29, 1.82) is 0 Å². The molecule has 1 aromatic heterocycles. The number of rotatable bonds is 6. The molecule has 0 saturated heterocycles. The molecule has 0 radical (unpaired) electrons. The van der Waals surface area contributed by atoms with Crippen LogP contribution in [0.1, 0.15) is 32.6 Å². The van der Waals surface area contributed by atoms with E-state index in [9.17, 15) is 4.79 Å². The van der Waals surface area contributed by atoms with Gasteiger partial charge in [-0.25, -0.2) is 9.78 Å². The molecule has 0 unspecified atom stereocenters. The molecule has 5 heteroatoms. The molecule has 94 valence electrons. The maximum absolute atomic E-state index is 11.2. The summed E-state index contributed by atoms with van der Waals surface area (Å²) in [4.78, 5) is 15.0. The van der Waals surface area contributed by atoms with Gasteiger partial charge in [0.2, 0.25) is 5.88 Å². The zero-order valence-electron chi connectivity index (χ0n) is 9.82. The Morgan fingerprint density at radius 2 is 2.18 bits per heavy atom. The average molecular weight is 258 g/mol. The number of carbonyl (C=O) groups excluding carboxylic acids is 1. The zero-order valence-corrected chi connectivity index (χ0v) is 10.6. The van der Waals surface area contributed by atoms with Crippen LogP contribution in [0.5, 0.6) is 5.88 Å². The van der Waals surface area contributed by atoms with Gasteiger partial charge in [-0.2, -0.15) is 0 Å². The highest BCUT2D eigenvalue weighted by Crippen LogP contribution is 2.12. The molecule has 4 nitrogen and oxygen atoms in total. The standard InChI is InChI=1S/C12H16ClNO3/c1-2-3-4-5-8-16-12(15)17-11-7-6-10(13)9-14-11/h6-7,9H,2-5,8H2,1H3. The Morgan fingerprint density at radius 3 is 2.82 bits per heavy atom. The van der Waals surface area contributed by atoms with Crippen LogP contribution in [0.2, 0.25) is 5.02 Å². The summed E-state index contributed by atoms with van der Waals surface area (Å²) in [6, 6.07) is 3.11. The third-order valence-electron chi connectivity index (χ3n) is 2.11. The second-order valence-electron chi connectivity index (χ2n) is 3.58. The van der Waals surface area contributed by atoms with E-state index in [1.54, 1.807) is 6.07 Å². The van der Waals surface area contributed by atoms with Gasteiger partial charge in [-0.1, -0.05) is 37.8 Å². The molecule has 0 aromatic carbocycles. The predicted molar refractivity (Wildman–Crippen MR) is 65.4 cm³/mol. The molecule has 0 atom stereocenters. The van der Waals surface area contributed by atoms with E-state index in [1.165, 1.54) is 12.3 Å². The second kappa shape index (κ2) is 7.90. The molecule has 17 heavy (non-hydrogen) atoms. The third-order valence-corrected chi connectivity index (χ3v) is 2.33. The van der Waals surface area contributed by atoms with Crippen LogP contribution < -0.4 is 4.74 Å². The Bertz CT molecular complexity index is 340. The van der Waals surface area contributed by atoms with Crippen LogP contribution in [-0.2, 0) is 4.74 Å². The lowest BCUT2D eigenvalue weighted by Gasteiger charge is -2.04. The fourth-order valence-electron chi connectivity index (χ4n) is 1.22. The summed E-state index contributed by atoms with van der Waals surface area (Å²) in [5, 5.41) is 0.491. The van der Waals surface area contributed by atoms with Gasteiger partial charge in [0.25, 0.3) is 0 Å². The molecule has 0 aliphatic heterocycles. The van der Waals surface area contributed by atoms with Crippen molar-refractivity contribution in [2.24, 2.45) is 0 Å². The number of carbonyl (C=O) groups is 1. The monoisotopic (exact) mass is 257 g/mol. The molecular formula is C12H16ClNO3. The molecule has 0 fully saturated rings. The van der Waals surface area contributed by atoms with Gasteiger partial charge in [0.1, 0.15) is 0 Å². The van der Waals surface area contributed by atoms with Crippen LogP contribution in [0.25, 0.3) is 0 Å². The summed E-state index contributed by atoms with van der Waals surface area (Å²) in [5.41, 5.74) is 0. The van der Waals surface area contributed by atoms with Gasteiger partial charge in [-0.05, 0) is 12.5 Å². The highest BCUT2D eigenvalue weighted by atomic mass is 35.5. The molecule has 0 N–H and O–H groups in total. The van der Waals surface area contributed by atoms with Crippen LogP contribution in [0.3, 0.4) is 0 Å². The summed E-state index contributed by atoms with van der Waals surface area (Å²) < 4.78 is 9.73. The van der Waals surface area contributed by atoms with Crippen molar-refractivity contribution in [2.45, 2.75) is 32.6 Å². The largest absolute Gasteiger partial charge is 0.515 e. The van der Waals surface area contributed by atoms with Crippen LogP contribution in [-0.4, -0.2) is 17.7 Å². The molecule has 0 aliphatic carbocycles. The van der Waals surface area contributed by atoms with Crippen LogP contribution in [0.4, 0.5) is 4.79 Å².